The molecule has 4 nitrogen and oxygen atoms in total. The highest BCUT2D eigenvalue weighted by molar-refractivity contribution is 7.26. The highest BCUT2D eigenvalue weighted by atomic mass is 32.1. The zero-order chi connectivity index (χ0) is 37.0. The minimum atomic E-state index is 0.560. The first kappa shape index (κ1) is 32.2. The standard InChI is InChI=1S/C51H31N3OS/c1-4-15-32(16-5-1)35-21-12-22-36(31-35)50-52-49(34-19-8-3-9-20-34)53-51(54-50)43-27-14-25-39-38-24-13-26-40(46(38)55-47(39)43)41-30-29-37(33-17-6-2-7-18-33)45-42-23-10-11-28-44(42)56-48(41)45/h1-31H. The highest BCUT2D eigenvalue weighted by Gasteiger charge is 2.22. The van der Waals surface area contributed by atoms with E-state index in [1.54, 1.807) is 0 Å². The van der Waals surface area contributed by atoms with Crippen molar-refractivity contribution in [2.75, 3.05) is 0 Å². The largest absolute Gasteiger partial charge is 0.455 e. The van der Waals surface area contributed by atoms with Crippen LogP contribution in [-0.4, -0.2) is 15.0 Å². The lowest BCUT2D eigenvalue weighted by molar-refractivity contribution is 0.670. The summed E-state index contributed by atoms with van der Waals surface area (Å²) in [5.41, 5.74) is 11.1. The summed E-state index contributed by atoms with van der Waals surface area (Å²) in [6, 6.07) is 65.5. The van der Waals surface area contributed by atoms with Crippen LogP contribution < -0.4 is 0 Å². The molecule has 0 unspecified atom stereocenters. The van der Waals surface area contributed by atoms with Gasteiger partial charge in [-0.1, -0.05) is 170 Å². The third-order valence-electron chi connectivity index (χ3n) is 10.6. The molecule has 11 aromatic rings. The van der Waals surface area contributed by atoms with E-state index in [9.17, 15) is 0 Å². The second-order valence-electron chi connectivity index (χ2n) is 13.9. The Kier molecular flexibility index (Phi) is 7.64. The van der Waals surface area contributed by atoms with Crippen LogP contribution in [0.5, 0.6) is 0 Å². The zero-order valence-corrected chi connectivity index (χ0v) is 30.9. The van der Waals surface area contributed by atoms with Gasteiger partial charge in [-0.25, -0.2) is 15.0 Å². The number of nitrogens with zero attached hydrogens (tertiary/aromatic N) is 3. The molecule has 56 heavy (non-hydrogen) atoms. The van der Waals surface area contributed by atoms with Gasteiger partial charge in [-0.15, -0.1) is 11.3 Å². The average molecular weight is 734 g/mol. The van der Waals surface area contributed by atoms with Crippen molar-refractivity contribution >= 4 is 53.4 Å². The van der Waals surface area contributed by atoms with Gasteiger partial charge < -0.3 is 4.42 Å². The van der Waals surface area contributed by atoms with Crippen LogP contribution >= 0.6 is 11.3 Å². The minimum Gasteiger partial charge on any atom is -0.455 e. The molecule has 5 heteroatoms. The maximum absolute atomic E-state index is 7.03. The summed E-state index contributed by atoms with van der Waals surface area (Å²) in [5.74, 6) is 1.77. The van der Waals surface area contributed by atoms with Crippen molar-refractivity contribution in [1.82, 2.24) is 15.0 Å². The SMILES string of the molecule is c1ccc(-c2cccc(-c3nc(-c4ccccc4)nc(-c4cccc5c4oc4c(-c6ccc(-c7ccccc7)c7c6sc6ccccc67)cccc45)n3)c2)cc1. The van der Waals surface area contributed by atoms with Gasteiger partial charge in [0.15, 0.2) is 17.5 Å². The normalized spacial score (nSPS) is 11.6. The lowest BCUT2D eigenvalue weighted by Gasteiger charge is -2.10. The fraction of sp³-hybridized carbons (Fsp3) is 0. The number of aromatic nitrogens is 3. The van der Waals surface area contributed by atoms with Gasteiger partial charge in [-0.2, -0.15) is 0 Å². The third kappa shape index (κ3) is 5.40. The summed E-state index contributed by atoms with van der Waals surface area (Å²) >= 11 is 1.84. The van der Waals surface area contributed by atoms with Crippen molar-refractivity contribution < 1.29 is 4.42 Å². The fourth-order valence-electron chi connectivity index (χ4n) is 7.92. The van der Waals surface area contributed by atoms with Crippen molar-refractivity contribution in [1.29, 1.82) is 0 Å². The Hall–Kier alpha value is -7.21. The number of hydrogen-bond donors (Lipinski definition) is 0. The second-order valence-corrected chi connectivity index (χ2v) is 15.0. The van der Waals surface area contributed by atoms with Gasteiger partial charge >= 0.3 is 0 Å². The van der Waals surface area contributed by atoms with Gasteiger partial charge in [0.2, 0.25) is 0 Å². The third-order valence-corrected chi connectivity index (χ3v) is 11.8. The number of benzene rings is 8. The van der Waals surface area contributed by atoms with E-state index in [1.807, 2.05) is 47.7 Å². The average Bonchev–Trinajstić information content (AvgIpc) is 3.86. The maximum atomic E-state index is 7.03. The van der Waals surface area contributed by atoms with E-state index in [0.717, 1.165) is 60.9 Å². The number of fused-ring (bicyclic) bond motifs is 6. The summed E-state index contributed by atoms with van der Waals surface area (Å²) < 4.78 is 9.54. The summed E-state index contributed by atoms with van der Waals surface area (Å²) in [4.78, 5) is 15.3. The second kappa shape index (κ2) is 13.3. The Morgan fingerprint density at radius 2 is 0.857 bits per heavy atom. The van der Waals surface area contributed by atoms with E-state index in [2.05, 4.69) is 152 Å². The predicted molar refractivity (Wildman–Crippen MR) is 233 cm³/mol. The van der Waals surface area contributed by atoms with Crippen molar-refractivity contribution in [2.45, 2.75) is 0 Å². The van der Waals surface area contributed by atoms with Gasteiger partial charge in [0.25, 0.3) is 0 Å². The van der Waals surface area contributed by atoms with Crippen molar-refractivity contribution in [3.05, 3.63) is 188 Å². The molecule has 0 atom stereocenters. The lowest BCUT2D eigenvalue weighted by Crippen LogP contribution is -2.00. The van der Waals surface area contributed by atoms with Crippen molar-refractivity contribution in [3.63, 3.8) is 0 Å². The molecule has 3 aromatic heterocycles. The van der Waals surface area contributed by atoms with Gasteiger partial charge in [-0.3, -0.25) is 0 Å². The first-order valence-corrected chi connectivity index (χ1v) is 19.5. The van der Waals surface area contributed by atoms with Crippen LogP contribution in [0.4, 0.5) is 0 Å². The smallest absolute Gasteiger partial charge is 0.167 e. The van der Waals surface area contributed by atoms with Crippen LogP contribution in [0.25, 0.3) is 110 Å². The van der Waals surface area contributed by atoms with Crippen LogP contribution in [0.15, 0.2) is 192 Å². The number of hydrogen-bond acceptors (Lipinski definition) is 5. The molecule has 262 valence electrons. The molecular formula is C51H31N3OS. The van der Waals surface area contributed by atoms with Crippen LogP contribution in [0.2, 0.25) is 0 Å². The molecule has 0 aliphatic carbocycles. The molecule has 0 saturated heterocycles. The van der Waals surface area contributed by atoms with Gasteiger partial charge in [0.1, 0.15) is 11.2 Å². The van der Waals surface area contributed by atoms with Crippen LogP contribution in [-0.2, 0) is 0 Å². The van der Waals surface area contributed by atoms with Crippen LogP contribution in [0, 0.1) is 0 Å². The first-order chi connectivity index (χ1) is 27.8. The number of thiophene rings is 1. The zero-order valence-electron chi connectivity index (χ0n) is 30.1. The summed E-state index contributed by atoms with van der Waals surface area (Å²) in [6.45, 7) is 0. The minimum absolute atomic E-state index is 0.560. The fourth-order valence-corrected chi connectivity index (χ4v) is 9.17. The van der Waals surface area contributed by atoms with Crippen LogP contribution in [0.1, 0.15) is 0 Å². The van der Waals surface area contributed by atoms with E-state index in [4.69, 9.17) is 19.4 Å². The Bertz CT molecular complexity index is 3240. The summed E-state index contributed by atoms with van der Waals surface area (Å²) in [6.07, 6.45) is 0. The molecule has 0 bridgehead atoms. The molecule has 0 N–H and O–H groups in total. The Balaban J connectivity index is 1.12. The molecule has 0 saturated carbocycles. The van der Waals surface area contributed by atoms with Gasteiger partial charge in [0.05, 0.1) is 5.56 Å². The number of rotatable bonds is 6. The van der Waals surface area contributed by atoms with E-state index < -0.39 is 0 Å². The van der Waals surface area contributed by atoms with Gasteiger partial charge in [-0.05, 0) is 40.5 Å². The van der Waals surface area contributed by atoms with E-state index in [-0.39, 0.29) is 0 Å². The van der Waals surface area contributed by atoms with Crippen LogP contribution in [0.3, 0.4) is 0 Å². The highest BCUT2D eigenvalue weighted by Crippen LogP contribution is 2.47. The molecular weight excluding hydrogens is 703 g/mol. The Morgan fingerprint density at radius 3 is 1.61 bits per heavy atom. The molecule has 0 spiro atoms. The Labute approximate surface area is 327 Å². The first-order valence-electron chi connectivity index (χ1n) is 18.7. The summed E-state index contributed by atoms with van der Waals surface area (Å²) in [5, 5.41) is 4.60. The lowest BCUT2D eigenvalue weighted by atomic mass is 9.94. The summed E-state index contributed by atoms with van der Waals surface area (Å²) in [7, 11) is 0. The molecule has 0 fully saturated rings. The predicted octanol–water partition coefficient (Wildman–Crippen LogP) is 14.1. The number of furan rings is 1. The van der Waals surface area contributed by atoms with Crippen molar-refractivity contribution in [2.24, 2.45) is 0 Å². The molecule has 0 aliphatic rings. The van der Waals surface area contributed by atoms with E-state index in [1.165, 1.54) is 31.3 Å². The number of para-hydroxylation sites is 2. The molecule has 11 rings (SSSR count). The van der Waals surface area contributed by atoms with E-state index in [0.29, 0.717) is 17.5 Å². The van der Waals surface area contributed by atoms with Crippen molar-refractivity contribution in [3.8, 4) is 67.5 Å². The van der Waals surface area contributed by atoms with Gasteiger partial charge in [0, 0.05) is 53.2 Å². The maximum Gasteiger partial charge on any atom is 0.167 e. The van der Waals surface area contributed by atoms with E-state index >= 15 is 0 Å². The quantitative estimate of drug-likeness (QED) is 0.171. The molecule has 8 aromatic carbocycles. The molecule has 0 amide bonds. The molecule has 0 aliphatic heterocycles. The molecule has 3 heterocycles. The Morgan fingerprint density at radius 1 is 0.339 bits per heavy atom. The molecule has 0 radical (unpaired) electrons. The topological polar surface area (TPSA) is 51.8 Å². The monoisotopic (exact) mass is 733 g/mol.